The van der Waals surface area contributed by atoms with Gasteiger partial charge < -0.3 is 34.6 Å². The monoisotopic (exact) mass is 713 g/mol. The number of hydrogen-bond donors (Lipinski definition) is 1. The van der Waals surface area contributed by atoms with Gasteiger partial charge in [-0.25, -0.2) is 4.79 Å². The van der Waals surface area contributed by atoms with Gasteiger partial charge in [-0.3, -0.25) is 4.79 Å². The normalized spacial score (nSPS) is 16.2. The van der Waals surface area contributed by atoms with E-state index in [9.17, 15) is 9.59 Å². The molecule has 2 unspecified atom stereocenters. The number of amides is 1. The number of azide groups is 1. The minimum Gasteiger partial charge on any atom is -0.469 e. The van der Waals surface area contributed by atoms with E-state index < -0.39 is 24.2 Å². The van der Waals surface area contributed by atoms with Gasteiger partial charge in [-0.05, 0) is 48.0 Å². The van der Waals surface area contributed by atoms with E-state index in [0.717, 1.165) is 33.3 Å². The lowest BCUT2D eigenvalue weighted by Gasteiger charge is -2.43. The summed E-state index contributed by atoms with van der Waals surface area (Å²) in [5, 5.41) is 6.36. The molecular weight excluding hydrogens is 674 g/mol. The standard InChI is InChI=1S/C36H40ClN9O5/c1-49-32(47)19-26-21-45(36(48)50-23-24-7-3-2-4-8-24)17-18-46(26)34-28-14-16-44(31-12-6-10-25-9-5-11-29(37)33(25)31)22-30(28)41-35(42-34)51-27(13-15-38)20-40-43-39/h2-12,26-27H,13-23,38H2,1H3. The predicted molar refractivity (Wildman–Crippen MR) is 194 cm³/mol. The van der Waals surface area contributed by atoms with Gasteiger partial charge in [0.2, 0.25) is 0 Å². The van der Waals surface area contributed by atoms with Crippen molar-refractivity contribution in [3.8, 4) is 6.01 Å². The first kappa shape index (κ1) is 35.5. The molecule has 0 saturated carbocycles. The number of nitrogens with zero attached hydrogens (tertiary/aromatic N) is 8. The summed E-state index contributed by atoms with van der Waals surface area (Å²) in [6, 6.07) is 21.1. The van der Waals surface area contributed by atoms with Crippen LogP contribution in [-0.2, 0) is 33.8 Å². The van der Waals surface area contributed by atoms with Crippen LogP contribution in [0.2, 0.25) is 5.02 Å². The quantitative estimate of drug-likeness (QED) is 0.0838. The summed E-state index contributed by atoms with van der Waals surface area (Å²) in [6.45, 7) is 2.53. The highest BCUT2D eigenvalue weighted by Crippen LogP contribution is 2.38. The minimum absolute atomic E-state index is 0.0151. The Kier molecular flexibility index (Phi) is 11.6. The number of hydrogen-bond acceptors (Lipinski definition) is 11. The van der Waals surface area contributed by atoms with Crippen LogP contribution in [0.3, 0.4) is 0 Å². The number of methoxy groups -OCH3 is 1. The van der Waals surface area contributed by atoms with E-state index in [0.29, 0.717) is 56.4 Å². The number of fused-ring (bicyclic) bond motifs is 2. The van der Waals surface area contributed by atoms with Gasteiger partial charge in [0.15, 0.2) is 0 Å². The Morgan fingerprint density at radius 3 is 2.65 bits per heavy atom. The van der Waals surface area contributed by atoms with Gasteiger partial charge in [-0.2, -0.15) is 9.97 Å². The van der Waals surface area contributed by atoms with Crippen LogP contribution in [0.4, 0.5) is 16.3 Å². The summed E-state index contributed by atoms with van der Waals surface area (Å²) in [5.41, 5.74) is 18.4. The highest BCUT2D eigenvalue weighted by atomic mass is 35.5. The number of aromatic nitrogens is 2. The van der Waals surface area contributed by atoms with Crippen LogP contribution in [0.15, 0.2) is 71.8 Å². The number of ether oxygens (including phenoxy) is 3. The third kappa shape index (κ3) is 8.37. The van der Waals surface area contributed by atoms with Crippen LogP contribution >= 0.6 is 11.6 Å². The lowest BCUT2D eigenvalue weighted by molar-refractivity contribution is -0.141. The van der Waals surface area contributed by atoms with Crippen LogP contribution in [0.25, 0.3) is 21.2 Å². The molecule has 3 aromatic carbocycles. The molecule has 1 fully saturated rings. The van der Waals surface area contributed by atoms with Crippen LogP contribution in [0.1, 0.15) is 29.7 Å². The molecule has 3 heterocycles. The molecule has 6 rings (SSSR count). The van der Waals surface area contributed by atoms with Gasteiger partial charge in [0.25, 0.3) is 0 Å². The first-order valence-corrected chi connectivity index (χ1v) is 17.2. The summed E-state index contributed by atoms with van der Waals surface area (Å²) in [7, 11) is 1.34. The third-order valence-corrected chi connectivity index (χ3v) is 9.47. The molecule has 0 radical (unpaired) electrons. The van der Waals surface area contributed by atoms with Crippen molar-refractivity contribution in [1.82, 2.24) is 14.9 Å². The summed E-state index contributed by atoms with van der Waals surface area (Å²) in [5.74, 6) is 0.201. The van der Waals surface area contributed by atoms with Crippen molar-refractivity contribution in [2.24, 2.45) is 10.8 Å². The Morgan fingerprint density at radius 2 is 1.88 bits per heavy atom. The Morgan fingerprint density at radius 1 is 1.08 bits per heavy atom. The number of anilines is 2. The fourth-order valence-electron chi connectivity index (χ4n) is 6.64. The molecule has 2 aliphatic heterocycles. The van der Waals surface area contributed by atoms with Gasteiger partial charge in [0, 0.05) is 47.7 Å². The van der Waals surface area contributed by atoms with Crippen molar-refractivity contribution in [1.29, 1.82) is 0 Å². The summed E-state index contributed by atoms with van der Waals surface area (Å²) in [4.78, 5) is 44.6. The van der Waals surface area contributed by atoms with Gasteiger partial charge in [0.1, 0.15) is 18.5 Å². The van der Waals surface area contributed by atoms with E-state index in [1.54, 1.807) is 4.90 Å². The number of piperazine rings is 1. The Bertz CT molecular complexity index is 1900. The summed E-state index contributed by atoms with van der Waals surface area (Å²) < 4.78 is 17.0. The molecule has 15 heteroatoms. The van der Waals surface area contributed by atoms with Crippen LogP contribution < -0.4 is 20.3 Å². The van der Waals surface area contributed by atoms with Crippen molar-refractivity contribution in [3.63, 3.8) is 0 Å². The number of esters is 1. The van der Waals surface area contributed by atoms with E-state index in [-0.39, 0.29) is 32.1 Å². The zero-order chi connectivity index (χ0) is 35.7. The van der Waals surface area contributed by atoms with E-state index >= 15 is 0 Å². The van der Waals surface area contributed by atoms with E-state index in [2.05, 4.69) is 21.0 Å². The number of carbonyl (C=O) groups excluding carboxylic acids is 2. The van der Waals surface area contributed by atoms with Crippen molar-refractivity contribution in [2.75, 3.05) is 56.2 Å². The maximum Gasteiger partial charge on any atom is 0.410 e. The minimum atomic E-state index is -0.546. The molecule has 51 heavy (non-hydrogen) atoms. The molecule has 0 bridgehead atoms. The zero-order valence-electron chi connectivity index (χ0n) is 28.4. The molecule has 2 N–H and O–H groups in total. The molecule has 0 aliphatic carbocycles. The lowest BCUT2D eigenvalue weighted by atomic mass is 10.0. The molecule has 1 aromatic heterocycles. The maximum absolute atomic E-state index is 13.2. The Labute approximate surface area is 300 Å². The summed E-state index contributed by atoms with van der Waals surface area (Å²) in [6.07, 6.45) is 0.0246. The molecule has 2 aliphatic rings. The highest BCUT2D eigenvalue weighted by molar-refractivity contribution is 6.36. The van der Waals surface area contributed by atoms with Crippen LogP contribution in [0, 0.1) is 0 Å². The Hall–Kier alpha value is -5.30. The SMILES string of the molecule is COC(=O)CC1CN(C(=O)OCc2ccccc2)CCN1c1nc(OC(CCN)CN=[N+]=[N-])nc2c1CCN(c1cccc3cccc(Cl)c13)C2. The van der Waals surface area contributed by atoms with Gasteiger partial charge in [0.05, 0.1) is 43.4 Å². The van der Waals surface area contributed by atoms with Crippen molar-refractivity contribution < 1.29 is 23.8 Å². The number of nitrogens with two attached hydrogens (primary N) is 1. The first-order chi connectivity index (χ1) is 24.9. The molecule has 14 nitrogen and oxygen atoms in total. The average molecular weight is 714 g/mol. The molecule has 1 saturated heterocycles. The van der Waals surface area contributed by atoms with Crippen LogP contribution in [-0.4, -0.2) is 85.5 Å². The molecular formula is C36H40ClN9O5. The molecule has 266 valence electrons. The van der Waals surface area contributed by atoms with Crippen LogP contribution in [0.5, 0.6) is 6.01 Å². The predicted octanol–water partition coefficient (Wildman–Crippen LogP) is 5.64. The third-order valence-electron chi connectivity index (χ3n) is 9.15. The molecule has 0 spiro atoms. The fourth-order valence-corrected chi connectivity index (χ4v) is 6.91. The van der Waals surface area contributed by atoms with E-state index in [1.807, 2.05) is 65.6 Å². The van der Waals surface area contributed by atoms with Crippen molar-refractivity contribution in [3.05, 3.63) is 99.0 Å². The molecule has 2 atom stereocenters. The number of rotatable bonds is 12. The second kappa shape index (κ2) is 16.6. The maximum atomic E-state index is 13.2. The Balaban J connectivity index is 1.34. The number of carbonyl (C=O) groups is 2. The molecule has 1 amide bonds. The zero-order valence-corrected chi connectivity index (χ0v) is 29.1. The largest absolute Gasteiger partial charge is 0.469 e. The van der Waals surface area contributed by atoms with E-state index in [4.69, 9.17) is 47.0 Å². The van der Waals surface area contributed by atoms with Gasteiger partial charge >= 0.3 is 18.1 Å². The fraction of sp³-hybridized carbons (Fsp3) is 0.389. The lowest BCUT2D eigenvalue weighted by Crippen LogP contribution is -2.56. The number of benzene rings is 3. The topological polar surface area (TPSA) is 172 Å². The first-order valence-electron chi connectivity index (χ1n) is 16.9. The summed E-state index contributed by atoms with van der Waals surface area (Å²) >= 11 is 6.72. The molecule has 4 aromatic rings. The van der Waals surface area contributed by atoms with Gasteiger partial charge in [-0.15, -0.1) is 0 Å². The number of halogens is 1. The second-order valence-corrected chi connectivity index (χ2v) is 12.8. The van der Waals surface area contributed by atoms with E-state index in [1.165, 1.54) is 7.11 Å². The van der Waals surface area contributed by atoms with Gasteiger partial charge in [-0.1, -0.05) is 71.3 Å². The highest BCUT2D eigenvalue weighted by Gasteiger charge is 2.36. The van der Waals surface area contributed by atoms with Crippen molar-refractivity contribution >= 4 is 45.9 Å². The average Bonchev–Trinajstić information content (AvgIpc) is 3.15. The smallest absolute Gasteiger partial charge is 0.410 e. The second-order valence-electron chi connectivity index (χ2n) is 12.4. The van der Waals surface area contributed by atoms with Crippen molar-refractivity contribution in [2.45, 2.75) is 44.6 Å².